The number of hydrogen-bond acceptors (Lipinski definition) is 6. The van der Waals surface area contributed by atoms with Crippen molar-refractivity contribution < 1.29 is 29.4 Å². The molecule has 2 bridgehead atoms. The van der Waals surface area contributed by atoms with Gasteiger partial charge in [-0.3, -0.25) is 19.2 Å². The molecule has 0 spiro atoms. The Labute approximate surface area is 223 Å². The molecule has 0 unspecified atom stereocenters. The fourth-order valence-corrected chi connectivity index (χ4v) is 7.34. The molecule has 0 radical (unpaired) electrons. The van der Waals surface area contributed by atoms with Crippen molar-refractivity contribution in [2.45, 2.75) is 87.9 Å². The minimum absolute atomic E-state index is 0.0767. The Morgan fingerprint density at radius 3 is 2.32 bits per heavy atom. The zero-order valence-corrected chi connectivity index (χ0v) is 21.8. The number of aliphatic hydroxyl groups excluding tert-OH is 1. The summed E-state index contributed by atoms with van der Waals surface area (Å²) >= 11 is 0. The van der Waals surface area contributed by atoms with Gasteiger partial charge in [0.15, 0.2) is 11.4 Å². The van der Waals surface area contributed by atoms with Crippen LogP contribution in [0.15, 0.2) is 30.3 Å². The van der Waals surface area contributed by atoms with Gasteiger partial charge in [0.2, 0.25) is 11.8 Å². The summed E-state index contributed by atoms with van der Waals surface area (Å²) in [4.78, 5) is 54.7. The molecule has 3 aliphatic heterocycles. The van der Waals surface area contributed by atoms with Crippen molar-refractivity contribution in [1.29, 1.82) is 0 Å². The topological polar surface area (TPSA) is 136 Å². The van der Waals surface area contributed by atoms with E-state index in [-0.39, 0.29) is 30.2 Å². The van der Waals surface area contributed by atoms with Crippen LogP contribution in [0.2, 0.25) is 0 Å². The number of hydrogen-bond donors (Lipinski definition) is 4. The van der Waals surface area contributed by atoms with E-state index < -0.39 is 47.8 Å². The quantitative estimate of drug-likeness (QED) is 0.385. The predicted octanol–water partition coefficient (Wildman–Crippen LogP) is 1.41. The lowest BCUT2D eigenvalue weighted by Gasteiger charge is -2.53. The molecule has 3 amide bonds. The smallest absolute Gasteiger partial charge is 0.260 e. The van der Waals surface area contributed by atoms with Crippen molar-refractivity contribution in [3.63, 3.8) is 0 Å². The largest absolute Gasteiger partial charge is 0.389 e. The molecule has 206 valence electrons. The fourth-order valence-electron chi connectivity index (χ4n) is 7.34. The Bertz CT molecular complexity index is 1050. The Balaban J connectivity index is 1.44. The SMILES string of the molecule is O=C1NCC[C@@H]1C[C@@H](NC(=O)[C@H]1C2CCC(CC2)N1C(=O)[C@@](O)(c1ccccc1)C1CCCC1)C(=O)CO. The summed E-state index contributed by atoms with van der Waals surface area (Å²) in [6.45, 7) is -0.223. The van der Waals surface area contributed by atoms with Crippen molar-refractivity contribution in [2.24, 2.45) is 17.8 Å². The highest BCUT2D eigenvalue weighted by Gasteiger charge is 2.55. The third-order valence-corrected chi connectivity index (χ3v) is 9.41. The van der Waals surface area contributed by atoms with E-state index in [9.17, 15) is 29.4 Å². The van der Waals surface area contributed by atoms with Gasteiger partial charge in [-0.2, -0.15) is 0 Å². The molecule has 4 N–H and O–H groups in total. The van der Waals surface area contributed by atoms with Crippen LogP contribution in [0.4, 0.5) is 0 Å². The van der Waals surface area contributed by atoms with Crippen molar-refractivity contribution in [3.8, 4) is 0 Å². The standard InChI is InChI=1S/C29H39N3O6/c33-17-24(34)23(16-19-14-15-30-26(19)35)31-27(36)25-18-10-12-22(13-11-18)32(25)28(37)29(38,21-8-4-5-9-21)20-6-2-1-3-7-20/h1-3,6-7,18-19,21-23,25,33,38H,4-5,8-17H2,(H,30,35)(H,31,36)/t18?,19-,22?,23-,25-,29-/m1/s1. The molecule has 9 heteroatoms. The second-order valence-corrected chi connectivity index (χ2v) is 11.5. The highest BCUT2D eigenvalue weighted by atomic mass is 16.3. The zero-order chi connectivity index (χ0) is 26.9. The van der Waals surface area contributed by atoms with Crippen LogP contribution in [-0.4, -0.2) is 69.9 Å². The molecule has 6 rings (SSSR count). The average Bonchev–Trinajstić information content (AvgIpc) is 3.64. The summed E-state index contributed by atoms with van der Waals surface area (Å²) in [6, 6.07) is 7.09. The summed E-state index contributed by atoms with van der Waals surface area (Å²) in [5, 5.41) is 27.3. The number of rotatable bonds is 9. The highest BCUT2D eigenvalue weighted by Crippen LogP contribution is 2.46. The first kappa shape index (κ1) is 26.8. The van der Waals surface area contributed by atoms with E-state index in [0.717, 1.165) is 51.4 Å². The summed E-state index contributed by atoms with van der Waals surface area (Å²) in [5.41, 5.74) is -1.17. The normalized spacial score (nSPS) is 29.5. The molecular weight excluding hydrogens is 486 g/mol. The maximum Gasteiger partial charge on any atom is 0.260 e. The van der Waals surface area contributed by atoms with E-state index in [1.54, 1.807) is 17.0 Å². The van der Waals surface area contributed by atoms with E-state index in [4.69, 9.17) is 0 Å². The molecule has 9 nitrogen and oxygen atoms in total. The predicted molar refractivity (Wildman–Crippen MR) is 138 cm³/mol. The molecule has 4 atom stereocenters. The number of nitrogens with zero attached hydrogens (tertiary/aromatic N) is 1. The van der Waals surface area contributed by atoms with Crippen LogP contribution in [0.25, 0.3) is 0 Å². The summed E-state index contributed by atoms with van der Waals surface area (Å²) in [6.07, 6.45) is 7.20. The number of ketones is 1. The summed E-state index contributed by atoms with van der Waals surface area (Å²) in [5.74, 6) is -2.30. The Kier molecular flexibility index (Phi) is 7.86. The number of piperidine rings is 2. The number of aliphatic hydroxyl groups is 2. The number of fused-ring (bicyclic) bond motifs is 3. The Hall–Kier alpha value is -2.78. The minimum atomic E-state index is -1.73. The molecule has 5 aliphatic rings. The number of amides is 3. The van der Waals surface area contributed by atoms with Gasteiger partial charge in [0, 0.05) is 24.4 Å². The third kappa shape index (κ3) is 4.86. The number of carbonyl (C=O) groups excluding carboxylic acids is 4. The molecule has 1 aromatic carbocycles. The maximum atomic E-state index is 14.4. The molecular formula is C29H39N3O6. The summed E-state index contributed by atoms with van der Waals surface area (Å²) in [7, 11) is 0. The molecule has 2 aliphatic carbocycles. The van der Waals surface area contributed by atoms with Gasteiger partial charge in [-0.1, -0.05) is 43.2 Å². The zero-order valence-electron chi connectivity index (χ0n) is 21.8. The fraction of sp³-hybridized carbons (Fsp3) is 0.655. The van der Waals surface area contributed by atoms with Crippen LogP contribution in [0.5, 0.6) is 0 Å². The van der Waals surface area contributed by atoms with Gasteiger partial charge >= 0.3 is 0 Å². The number of benzene rings is 1. The average molecular weight is 526 g/mol. The minimum Gasteiger partial charge on any atom is -0.389 e. The lowest BCUT2D eigenvalue weighted by atomic mass is 9.71. The van der Waals surface area contributed by atoms with Gasteiger partial charge in [-0.25, -0.2) is 0 Å². The van der Waals surface area contributed by atoms with Crippen molar-refractivity contribution in [3.05, 3.63) is 35.9 Å². The van der Waals surface area contributed by atoms with Gasteiger partial charge in [-0.15, -0.1) is 0 Å². The van der Waals surface area contributed by atoms with Crippen LogP contribution in [-0.2, 0) is 24.8 Å². The van der Waals surface area contributed by atoms with Gasteiger partial charge in [-0.05, 0) is 62.8 Å². The first-order valence-electron chi connectivity index (χ1n) is 14.2. The van der Waals surface area contributed by atoms with E-state index in [2.05, 4.69) is 10.6 Å². The Morgan fingerprint density at radius 2 is 1.71 bits per heavy atom. The third-order valence-electron chi connectivity index (χ3n) is 9.41. The van der Waals surface area contributed by atoms with Crippen molar-refractivity contribution >= 4 is 23.5 Å². The molecule has 5 fully saturated rings. The van der Waals surface area contributed by atoms with Crippen molar-refractivity contribution in [1.82, 2.24) is 15.5 Å². The lowest BCUT2D eigenvalue weighted by molar-refractivity contribution is -0.176. The van der Waals surface area contributed by atoms with E-state index in [1.807, 2.05) is 18.2 Å². The van der Waals surface area contributed by atoms with Crippen LogP contribution in [0.1, 0.15) is 69.8 Å². The number of nitrogens with one attached hydrogen (secondary N) is 2. The van der Waals surface area contributed by atoms with E-state index in [0.29, 0.717) is 18.5 Å². The van der Waals surface area contributed by atoms with Crippen LogP contribution in [0, 0.1) is 17.8 Å². The van der Waals surface area contributed by atoms with Gasteiger partial charge < -0.3 is 25.7 Å². The highest BCUT2D eigenvalue weighted by molar-refractivity contribution is 5.96. The second-order valence-electron chi connectivity index (χ2n) is 11.5. The lowest BCUT2D eigenvalue weighted by Crippen LogP contribution is -2.67. The molecule has 1 aromatic rings. The van der Waals surface area contributed by atoms with Crippen LogP contribution < -0.4 is 10.6 Å². The van der Waals surface area contributed by atoms with Crippen LogP contribution >= 0.6 is 0 Å². The Morgan fingerprint density at radius 1 is 1.03 bits per heavy atom. The second kappa shape index (κ2) is 11.1. The van der Waals surface area contributed by atoms with E-state index in [1.165, 1.54) is 0 Å². The maximum absolute atomic E-state index is 14.4. The molecule has 38 heavy (non-hydrogen) atoms. The molecule has 3 heterocycles. The monoisotopic (exact) mass is 525 g/mol. The van der Waals surface area contributed by atoms with Crippen LogP contribution in [0.3, 0.4) is 0 Å². The van der Waals surface area contributed by atoms with Crippen molar-refractivity contribution in [2.75, 3.05) is 13.2 Å². The first-order valence-corrected chi connectivity index (χ1v) is 14.2. The summed E-state index contributed by atoms with van der Waals surface area (Å²) < 4.78 is 0. The van der Waals surface area contributed by atoms with Gasteiger partial charge in [0.1, 0.15) is 12.6 Å². The van der Waals surface area contributed by atoms with E-state index >= 15 is 0 Å². The molecule has 0 aromatic heterocycles. The first-order chi connectivity index (χ1) is 18.3. The number of carbonyl (C=O) groups is 4. The number of Topliss-reactive ketones (excluding diaryl/α,β-unsaturated/α-hetero) is 1. The van der Waals surface area contributed by atoms with Gasteiger partial charge in [0.25, 0.3) is 5.91 Å². The molecule has 3 saturated heterocycles. The molecule has 2 saturated carbocycles. The van der Waals surface area contributed by atoms with Gasteiger partial charge in [0.05, 0.1) is 6.04 Å².